The second-order valence-corrected chi connectivity index (χ2v) is 0.921. The molecule has 0 bridgehead atoms. The molecule has 0 aliphatic heterocycles. The molecule has 0 aliphatic carbocycles. The molecule has 0 saturated carbocycles. The first-order valence-corrected chi connectivity index (χ1v) is 2.10. The van der Waals surface area contributed by atoms with Crippen LogP contribution in [0.15, 0.2) is 0 Å². The summed E-state index contributed by atoms with van der Waals surface area (Å²) >= 11 is 0. The van der Waals surface area contributed by atoms with Crippen LogP contribution in [0.3, 0.4) is 0 Å². The van der Waals surface area contributed by atoms with Crippen molar-refractivity contribution in [2.45, 2.75) is 6.92 Å². The van der Waals surface area contributed by atoms with E-state index in [0.717, 1.165) is 0 Å². The monoisotopic (exact) mass is 146 g/mol. The van der Waals surface area contributed by atoms with Crippen LogP contribution >= 0.6 is 0 Å². The van der Waals surface area contributed by atoms with Crippen molar-refractivity contribution < 1.29 is 26.9 Å². The molecule has 0 aromatic rings. The topological polar surface area (TPSA) is 29.5 Å². The number of ether oxygens (including phenoxy) is 1. The van der Waals surface area contributed by atoms with Crippen molar-refractivity contribution in [3.8, 4) is 0 Å². The Morgan fingerprint density at radius 1 is 1.57 bits per heavy atom. The Bertz CT molecular complexity index is 21.7. The number of hydrogen-bond donors (Lipinski definition) is 1. The molecule has 0 aliphatic rings. The molecule has 0 heterocycles. The molecule has 0 amide bonds. The van der Waals surface area contributed by atoms with Crippen LogP contribution in [0.4, 0.5) is 0 Å². The zero-order chi connectivity index (χ0) is 4.83. The largest absolute Gasteiger partial charge is 0.394 e. The Morgan fingerprint density at radius 2 is 2.14 bits per heavy atom. The van der Waals surface area contributed by atoms with Gasteiger partial charge in [0.15, 0.2) is 0 Å². The van der Waals surface area contributed by atoms with Crippen LogP contribution in [0.25, 0.3) is 0 Å². The van der Waals surface area contributed by atoms with Gasteiger partial charge in [-0.3, -0.25) is 0 Å². The molecule has 0 atom stereocenters. The quantitative estimate of drug-likeness (QED) is 0.449. The maximum Gasteiger partial charge on any atom is 0.0697 e. The average molecular weight is 146 g/mol. The fourth-order valence-corrected chi connectivity index (χ4v) is 0.209. The van der Waals surface area contributed by atoms with Gasteiger partial charge in [-0.2, -0.15) is 0 Å². The molecule has 0 saturated heterocycles. The summed E-state index contributed by atoms with van der Waals surface area (Å²) in [6, 6.07) is 0. The summed E-state index contributed by atoms with van der Waals surface area (Å²) in [6.45, 7) is 3.20. The molecule has 46 valence electrons. The van der Waals surface area contributed by atoms with Gasteiger partial charge in [0.1, 0.15) is 0 Å². The Kier molecular flexibility index (Phi) is 14.4. The molecule has 0 rings (SSSR count). The third-order valence-electron chi connectivity index (χ3n) is 0.440. The van der Waals surface area contributed by atoms with Gasteiger partial charge in [0.05, 0.1) is 13.2 Å². The van der Waals surface area contributed by atoms with E-state index in [9.17, 15) is 0 Å². The molecular formula is C4H10FeO2. The minimum absolute atomic E-state index is 0. The van der Waals surface area contributed by atoms with Gasteiger partial charge in [-0.15, -0.1) is 0 Å². The van der Waals surface area contributed by atoms with Crippen molar-refractivity contribution in [2.75, 3.05) is 19.8 Å². The summed E-state index contributed by atoms with van der Waals surface area (Å²) in [5.74, 6) is 0. The second-order valence-electron chi connectivity index (χ2n) is 0.921. The SMILES string of the molecule is CCOCCO.[Fe]. The minimum atomic E-state index is 0. The molecular weight excluding hydrogens is 136 g/mol. The smallest absolute Gasteiger partial charge is 0.0697 e. The van der Waals surface area contributed by atoms with E-state index in [1.807, 2.05) is 6.92 Å². The van der Waals surface area contributed by atoms with E-state index < -0.39 is 0 Å². The third kappa shape index (κ3) is 10.7. The standard InChI is InChI=1S/C4H10O2.Fe/c1-2-6-4-3-5;/h5H,2-4H2,1H3;. The first-order chi connectivity index (χ1) is 2.91. The predicted molar refractivity (Wildman–Crippen MR) is 23.6 cm³/mol. The molecule has 1 N–H and O–H groups in total. The molecule has 0 radical (unpaired) electrons. The fraction of sp³-hybridized carbons (Fsp3) is 1.00. The maximum absolute atomic E-state index is 8.07. The van der Waals surface area contributed by atoms with E-state index in [1.54, 1.807) is 0 Å². The first kappa shape index (κ1) is 10.4. The third-order valence-corrected chi connectivity index (χ3v) is 0.440. The molecule has 3 heteroatoms. The van der Waals surface area contributed by atoms with Crippen LogP contribution in [0.2, 0.25) is 0 Å². The van der Waals surface area contributed by atoms with Gasteiger partial charge < -0.3 is 9.84 Å². The Morgan fingerprint density at radius 3 is 2.29 bits per heavy atom. The van der Waals surface area contributed by atoms with Crippen molar-refractivity contribution in [3.05, 3.63) is 0 Å². The summed E-state index contributed by atoms with van der Waals surface area (Å²) in [5, 5.41) is 8.07. The van der Waals surface area contributed by atoms with Gasteiger partial charge in [-0.05, 0) is 6.92 Å². The van der Waals surface area contributed by atoms with E-state index in [1.165, 1.54) is 0 Å². The van der Waals surface area contributed by atoms with E-state index in [4.69, 9.17) is 9.84 Å². The Hall–Kier alpha value is 0.439. The molecule has 0 aromatic carbocycles. The van der Waals surface area contributed by atoms with Gasteiger partial charge >= 0.3 is 0 Å². The van der Waals surface area contributed by atoms with Crippen LogP contribution in [0.1, 0.15) is 6.92 Å². The van der Waals surface area contributed by atoms with Crippen LogP contribution in [-0.4, -0.2) is 24.9 Å². The van der Waals surface area contributed by atoms with Gasteiger partial charge in [-0.1, -0.05) is 0 Å². The number of rotatable bonds is 3. The maximum atomic E-state index is 8.07. The summed E-state index contributed by atoms with van der Waals surface area (Å²) in [7, 11) is 0. The predicted octanol–water partition coefficient (Wildman–Crippen LogP) is 0.0127. The zero-order valence-electron chi connectivity index (χ0n) is 4.33. The van der Waals surface area contributed by atoms with Crippen molar-refractivity contribution in [1.29, 1.82) is 0 Å². The van der Waals surface area contributed by atoms with Crippen molar-refractivity contribution in [1.82, 2.24) is 0 Å². The van der Waals surface area contributed by atoms with Crippen LogP contribution in [0.5, 0.6) is 0 Å². The Balaban J connectivity index is 0. The van der Waals surface area contributed by atoms with E-state index >= 15 is 0 Å². The molecule has 0 spiro atoms. The van der Waals surface area contributed by atoms with Gasteiger partial charge in [0.25, 0.3) is 0 Å². The van der Waals surface area contributed by atoms with E-state index in [2.05, 4.69) is 0 Å². The zero-order valence-corrected chi connectivity index (χ0v) is 5.43. The van der Waals surface area contributed by atoms with Crippen molar-refractivity contribution >= 4 is 0 Å². The van der Waals surface area contributed by atoms with Crippen LogP contribution < -0.4 is 0 Å². The second kappa shape index (κ2) is 9.67. The summed E-state index contributed by atoms with van der Waals surface area (Å²) < 4.78 is 4.73. The Labute approximate surface area is 54.3 Å². The van der Waals surface area contributed by atoms with Gasteiger partial charge in [0, 0.05) is 23.7 Å². The average Bonchev–Trinajstić information content (AvgIpc) is 1.61. The van der Waals surface area contributed by atoms with Crippen LogP contribution in [-0.2, 0) is 21.8 Å². The molecule has 0 fully saturated rings. The summed E-state index contributed by atoms with van der Waals surface area (Å²) in [5.41, 5.74) is 0. The van der Waals surface area contributed by atoms with Crippen molar-refractivity contribution in [3.63, 3.8) is 0 Å². The first-order valence-electron chi connectivity index (χ1n) is 2.10. The van der Waals surface area contributed by atoms with Crippen LogP contribution in [0, 0.1) is 0 Å². The van der Waals surface area contributed by atoms with Crippen molar-refractivity contribution in [2.24, 2.45) is 0 Å². The van der Waals surface area contributed by atoms with E-state index in [0.29, 0.717) is 13.2 Å². The molecule has 7 heavy (non-hydrogen) atoms. The van der Waals surface area contributed by atoms with Gasteiger partial charge in [0.2, 0.25) is 0 Å². The number of aliphatic hydroxyl groups excluding tert-OH is 1. The summed E-state index contributed by atoms with van der Waals surface area (Å²) in [6.07, 6.45) is 0. The summed E-state index contributed by atoms with van der Waals surface area (Å²) in [4.78, 5) is 0. The normalized spacial score (nSPS) is 7.71. The number of hydrogen-bond acceptors (Lipinski definition) is 2. The molecule has 0 aromatic heterocycles. The molecule has 2 nitrogen and oxygen atoms in total. The van der Waals surface area contributed by atoms with Gasteiger partial charge in [-0.25, -0.2) is 0 Å². The molecule has 0 unspecified atom stereocenters. The van der Waals surface area contributed by atoms with E-state index in [-0.39, 0.29) is 23.7 Å². The fourth-order valence-electron chi connectivity index (χ4n) is 0.209. The number of aliphatic hydroxyl groups is 1. The minimum Gasteiger partial charge on any atom is -0.394 e.